The number of benzene rings is 2. The van der Waals surface area contributed by atoms with E-state index < -0.39 is 0 Å². The van der Waals surface area contributed by atoms with E-state index in [1.165, 1.54) is 4.90 Å². The van der Waals surface area contributed by atoms with Crippen molar-refractivity contribution in [3.63, 3.8) is 0 Å². The predicted octanol–water partition coefficient (Wildman–Crippen LogP) is 4.57. The van der Waals surface area contributed by atoms with Gasteiger partial charge in [-0.25, -0.2) is 4.90 Å². The minimum atomic E-state index is -0.276. The first-order valence-electron chi connectivity index (χ1n) is 10.9. The van der Waals surface area contributed by atoms with Gasteiger partial charge in [-0.15, -0.1) is 0 Å². The molecule has 0 spiro atoms. The van der Waals surface area contributed by atoms with E-state index in [-0.39, 0.29) is 11.8 Å². The molecule has 0 N–H and O–H groups in total. The van der Waals surface area contributed by atoms with E-state index in [1.54, 1.807) is 31.4 Å². The number of aryl methyl sites for hydroxylation is 2. The molecule has 5 heteroatoms. The highest BCUT2D eigenvalue weighted by atomic mass is 16.5. The quantitative estimate of drug-likeness (QED) is 0.683. The van der Waals surface area contributed by atoms with E-state index >= 15 is 0 Å². The van der Waals surface area contributed by atoms with E-state index in [0.29, 0.717) is 34.5 Å². The number of amides is 2. The van der Waals surface area contributed by atoms with Crippen LogP contribution >= 0.6 is 0 Å². The number of methoxy groups -OCH3 is 1. The molecular formula is C26H30N2O3. The van der Waals surface area contributed by atoms with Crippen LogP contribution in [0.3, 0.4) is 0 Å². The second-order valence-electron chi connectivity index (χ2n) is 9.02. The summed E-state index contributed by atoms with van der Waals surface area (Å²) in [4.78, 5) is 30.9. The summed E-state index contributed by atoms with van der Waals surface area (Å²) in [5, 5.41) is 0. The summed E-state index contributed by atoms with van der Waals surface area (Å²) in [5.74, 6) is 1.01. The van der Waals surface area contributed by atoms with Gasteiger partial charge in [-0.1, -0.05) is 38.1 Å². The van der Waals surface area contributed by atoms with Gasteiger partial charge in [0.05, 0.1) is 18.4 Å². The van der Waals surface area contributed by atoms with Gasteiger partial charge in [0.1, 0.15) is 11.4 Å². The predicted molar refractivity (Wildman–Crippen MR) is 123 cm³/mol. The molecule has 0 radical (unpaired) electrons. The van der Waals surface area contributed by atoms with Crippen molar-refractivity contribution in [3.8, 4) is 5.75 Å². The van der Waals surface area contributed by atoms with E-state index in [4.69, 9.17) is 4.74 Å². The maximum Gasteiger partial charge on any atom is 0.282 e. The molecule has 2 atom stereocenters. The van der Waals surface area contributed by atoms with Gasteiger partial charge < -0.3 is 9.64 Å². The topological polar surface area (TPSA) is 49.9 Å². The van der Waals surface area contributed by atoms with Crippen LogP contribution in [0, 0.1) is 25.7 Å². The number of anilines is 1. The summed E-state index contributed by atoms with van der Waals surface area (Å²) in [6, 6.07) is 13.1. The van der Waals surface area contributed by atoms with Gasteiger partial charge >= 0.3 is 0 Å². The fraction of sp³-hybridized carbons (Fsp3) is 0.385. The molecule has 2 aromatic carbocycles. The SMILES string of the molecule is COc1cccc(N2C(=O)C(c3ccc(C)c(C)c3)=C(N3CC(C)CC(C)C3)C2=O)c1. The lowest BCUT2D eigenvalue weighted by atomic mass is 9.90. The molecule has 0 aromatic heterocycles. The summed E-state index contributed by atoms with van der Waals surface area (Å²) in [6.07, 6.45) is 1.13. The third kappa shape index (κ3) is 3.85. The molecule has 2 unspecified atom stereocenters. The molecule has 5 nitrogen and oxygen atoms in total. The van der Waals surface area contributed by atoms with Crippen LogP contribution in [0.1, 0.15) is 37.0 Å². The third-order valence-electron chi connectivity index (χ3n) is 6.35. The number of nitrogens with zero attached hydrogens (tertiary/aromatic N) is 2. The molecule has 0 aliphatic carbocycles. The number of imide groups is 1. The van der Waals surface area contributed by atoms with E-state index in [2.05, 4.69) is 18.7 Å². The Labute approximate surface area is 184 Å². The van der Waals surface area contributed by atoms with Crippen LogP contribution in [0.4, 0.5) is 5.69 Å². The van der Waals surface area contributed by atoms with Gasteiger partial charge in [0, 0.05) is 19.2 Å². The maximum absolute atomic E-state index is 13.7. The van der Waals surface area contributed by atoms with Crippen molar-refractivity contribution >= 4 is 23.1 Å². The Morgan fingerprint density at radius 2 is 1.61 bits per heavy atom. The molecule has 2 aromatic rings. The van der Waals surface area contributed by atoms with Crippen molar-refractivity contribution in [2.45, 2.75) is 34.1 Å². The van der Waals surface area contributed by atoms with Crippen LogP contribution in [0.25, 0.3) is 5.57 Å². The van der Waals surface area contributed by atoms with Crippen LogP contribution in [0.2, 0.25) is 0 Å². The first kappa shape index (κ1) is 21.2. The molecule has 1 saturated heterocycles. The lowest BCUT2D eigenvalue weighted by Gasteiger charge is -2.37. The number of ether oxygens (including phenoxy) is 1. The number of piperidine rings is 1. The fourth-order valence-electron chi connectivity index (χ4n) is 4.80. The minimum absolute atomic E-state index is 0.257. The molecule has 4 rings (SSSR count). The Balaban J connectivity index is 1.85. The largest absolute Gasteiger partial charge is 0.497 e. The molecule has 2 aliphatic rings. The zero-order chi connectivity index (χ0) is 22.3. The molecule has 0 bridgehead atoms. The standard InChI is InChI=1S/C26H30N2O3/c1-16-11-17(2)15-27(14-16)24-23(20-10-9-18(3)19(4)12-20)25(29)28(26(24)30)21-7-6-8-22(13-21)31-5/h6-10,12-13,16-17H,11,14-15H2,1-5H3. The third-order valence-corrected chi connectivity index (χ3v) is 6.35. The molecule has 2 heterocycles. The maximum atomic E-state index is 13.7. The van der Waals surface area contributed by atoms with Gasteiger partial charge in [-0.2, -0.15) is 0 Å². The van der Waals surface area contributed by atoms with E-state index in [9.17, 15) is 9.59 Å². The monoisotopic (exact) mass is 418 g/mol. The van der Waals surface area contributed by atoms with Crippen molar-refractivity contribution in [2.75, 3.05) is 25.1 Å². The van der Waals surface area contributed by atoms with Crippen molar-refractivity contribution in [3.05, 3.63) is 64.9 Å². The molecule has 2 aliphatic heterocycles. The summed E-state index contributed by atoms with van der Waals surface area (Å²) < 4.78 is 5.32. The highest BCUT2D eigenvalue weighted by molar-refractivity contribution is 6.45. The van der Waals surface area contributed by atoms with Crippen molar-refractivity contribution in [2.24, 2.45) is 11.8 Å². The van der Waals surface area contributed by atoms with Gasteiger partial charge in [-0.05, 0) is 60.9 Å². The number of likely N-dealkylation sites (tertiary alicyclic amines) is 1. The van der Waals surface area contributed by atoms with Gasteiger partial charge in [0.15, 0.2) is 0 Å². The van der Waals surface area contributed by atoms with Crippen LogP contribution in [0.5, 0.6) is 5.75 Å². The Hall–Kier alpha value is -3.08. The Morgan fingerprint density at radius 3 is 2.26 bits per heavy atom. The van der Waals surface area contributed by atoms with Crippen LogP contribution in [-0.4, -0.2) is 36.9 Å². The summed E-state index contributed by atoms with van der Waals surface area (Å²) in [7, 11) is 1.58. The van der Waals surface area contributed by atoms with Crippen LogP contribution < -0.4 is 9.64 Å². The second-order valence-corrected chi connectivity index (χ2v) is 9.02. The van der Waals surface area contributed by atoms with Crippen LogP contribution in [-0.2, 0) is 9.59 Å². The highest BCUT2D eigenvalue weighted by Gasteiger charge is 2.43. The molecule has 1 fully saturated rings. The Morgan fingerprint density at radius 1 is 0.903 bits per heavy atom. The summed E-state index contributed by atoms with van der Waals surface area (Å²) in [6.45, 7) is 10.1. The van der Waals surface area contributed by atoms with E-state index in [1.807, 2.05) is 32.0 Å². The molecule has 2 amide bonds. The minimum Gasteiger partial charge on any atom is -0.497 e. The second kappa shape index (κ2) is 8.22. The van der Waals surface area contributed by atoms with Gasteiger partial charge in [0.25, 0.3) is 11.8 Å². The first-order valence-corrected chi connectivity index (χ1v) is 10.9. The zero-order valence-corrected chi connectivity index (χ0v) is 18.9. The zero-order valence-electron chi connectivity index (χ0n) is 18.9. The smallest absolute Gasteiger partial charge is 0.282 e. The first-order chi connectivity index (χ1) is 14.8. The fourth-order valence-corrected chi connectivity index (χ4v) is 4.80. The Bertz CT molecular complexity index is 1060. The number of hydrogen-bond donors (Lipinski definition) is 0. The van der Waals surface area contributed by atoms with Crippen molar-refractivity contribution in [1.82, 2.24) is 4.90 Å². The van der Waals surface area contributed by atoms with Crippen molar-refractivity contribution in [1.29, 1.82) is 0 Å². The molecule has 0 saturated carbocycles. The number of carbonyl (C=O) groups is 2. The normalized spacial score (nSPS) is 21.8. The molecular weight excluding hydrogens is 388 g/mol. The average molecular weight is 419 g/mol. The average Bonchev–Trinajstić information content (AvgIpc) is 2.99. The van der Waals surface area contributed by atoms with Crippen LogP contribution in [0.15, 0.2) is 48.2 Å². The lowest BCUT2D eigenvalue weighted by Crippen LogP contribution is -2.42. The summed E-state index contributed by atoms with van der Waals surface area (Å²) in [5.41, 5.74) is 4.61. The van der Waals surface area contributed by atoms with Gasteiger partial charge in [0.2, 0.25) is 0 Å². The van der Waals surface area contributed by atoms with E-state index in [0.717, 1.165) is 36.2 Å². The molecule has 162 valence electrons. The number of rotatable bonds is 4. The lowest BCUT2D eigenvalue weighted by molar-refractivity contribution is -0.120. The highest BCUT2D eigenvalue weighted by Crippen LogP contribution is 2.38. The van der Waals surface area contributed by atoms with Crippen molar-refractivity contribution < 1.29 is 14.3 Å². The number of hydrogen-bond acceptors (Lipinski definition) is 4. The molecule has 31 heavy (non-hydrogen) atoms. The summed E-state index contributed by atoms with van der Waals surface area (Å²) >= 11 is 0. The number of carbonyl (C=O) groups excluding carboxylic acids is 2. The van der Waals surface area contributed by atoms with Gasteiger partial charge in [-0.3, -0.25) is 9.59 Å². The Kier molecular flexibility index (Phi) is 5.61.